The molecule has 1 aromatic rings. The summed E-state index contributed by atoms with van der Waals surface area (Å²) in [6, 6.07) is 1.24. The number of nitrogens with one attached hydrogen (secondary N) is 2. The Balaban J connectivity index is 2.51. The van der Waals surface area contributed by atoms with Gasteiger partial charge in [-0.15, -0.1) is 0 Å². The molecule has 0 spiro atoms. The molecule has 0 fully saturated rings. The number of nitrogens with zero attached hydrogens (tertiary/aromatic N) is 1. The predicted octanol–water partition coefficient (Wildman–Crippen LogP) is -0.617. The number of hydrogen-bond donors (Lipinski definition) is 2. The molecule has 6 heteroatoms. The topological polar surface area (TPSA) is 76.1 Å². The minimum absolute atomic E-state index is 0.300. The average molecular weight is 193 g/mol. The smallest absolute Gasteiger partial charge is 0.335 e. The standard InChI is InChI=1S/C8H7N3O3/c12-6-3-5-11(8(13)10-6)7-2-1-4-9-14-7/h1-5,9H,(H,10,12,13). The van der Waals surface area contributed by atoms with Crippen molar-refractivity contribution in [2.75, 3.05) is 0 Å². The van der Waals surface area contributed by atoms with E-state index < -0.39 is 11.2 Å². The van der Waals surface area contributed by atoms with Crippen molar-refractivity contribution >= 4 is 5.88 Å². The highest BCUT2D eigenvalue weighted by Crippen LogP contribution is 2.03. The number of aromatic nitrogens is 2. The molecule has 0 amide bonds. The van der Waals surface area contributed by atoms with E-state index in [1.165, 1.54) is 16.8 Å². The summed E-state index contributed by atoms with van der Waals surface area (Å²) in [5.74, 6) is 0.300. The molecule has 0 radical (unpaired) electrons. The minimum Gasteiger partial charge on any atom is -0.364 e. The fourth-order valence-corrected chi connectivity index (χ4v) is 1.02. The maximum Gasteiger partial charge on any atom is 0.335 e. The number of rotatable bonds is 1. The van der Waals surface area contributed by atoms with E-state index >= 15 is 0 Å². The van der Waals surface area contributed by atoms with E-state index in [-0.39, 0.29) is 0 Å². The summed E-state index contributed by atoms with van der Waals surface area (Å²) in [6.07, 6.45) is 6.18. The van der Waals surface area contributed by atoms with Gasteiger partial charge in [0, 0.05) is 24.5 Å². The molecule has 2 heterocycles. The Morgan fingerprint density at radius 1 is 1.36 bits per heavy atom. The van der Waals surface area contributed by atoms with Crippen LogP contribution in [0.2, 0.25) is 0 Å². The van der Waals surface area contributed by atoms with E-state index in [2.05, 4.69) is 10.5 Å². The molecule has 0 aromatic carbocycles. The van der Waals surface area contributed by atoms with Gasteiger partial charge in [-0.1, -0.05) is 0 Å². The van der Waals surface area contributed by atoms with Gasteiger partial charge in [-0.25, -0.2) is 14.8 Å². The molecular formula is C8H7N3O3. The first kappa shape index (κ1) is 8.36. The zero-order valence-corrected chi connectivity index (χ0v) is 7.06. The highest BCUT2D eigenvalue weighted by molar-refractivity contribution is 5.41. The molecule has 72 valence electrons. The van der Waals surface area contributed by atoms with Gasteiger partial charge in [0.25, 0.3) is 5.56 Å². The Hall–Kier alpha value is -2.24. The molecule has 0 atom stereocenters. The van der Waals surface area contributed by atoms with Crippen molar-refractivity contribution in [2.24, 2.45) is 0 Å². The lowest BCUT2D eigenvalue weighted by Gasteiger charge is -2.12. The molecule has 1 aliphatic heterocycles. The Kier molecular flexibility index (Phi) is 1.94. The molecule has 1 aliphatic rings. The Labute approximate surface area is 78.1 Å². The molecule has 1 aromatic heterocycles. The van der Waals surface area contributed by atoms with Gasteiger partial charge in [-0.05, 0) is 6.08 Å². The van der Waals surface area contributed by atoms with Crippen molar-refractivity contribution in [3.05, 3.63) is 51.5 Å². The van der Waals surface area contributed by atoms with Crippen molar-refractivity contribution in [3.63, 3.8) is 0 Å². The van der Waals surface area contributed by atoms with Crippen LogP contribution in [0.3, 0.4) is 0 Å². The van der Waals surface area contributed by atoms with Gasteiger partial charge in [0.05, 0.1) is 0 Å². The van der Waals surface area contributed by atoms with E-state index in [9.17, 15) is 9.59 Å². The van der Waals surface area contributed by atoms with E-state index in [0.717, 1.165) is 0 Å². The summed E-state index contributed by atoms with van der Waals surface area (Å²) in [5.41, 5.74) is 1.49. The summed E-state index contributed by atoms with van der Waals surface area (Å²) < 4.78 is 1.18. The lowest BCUT2D eigenvalue weighted by Crippen LogP contribution is -2.30. The summed E-state index contributed by atoms with van der Waals surface area (Å²) in [4.78, 5) is 29.1. The van der Waals surface area contributed by atoms with Gasteiger partial charge in [0.2, 0.25) is 5.88 Å². The second-order valence-corrected chi connectivity index (χ2v) is 2.56. The largest absolute Gasteiger partial charge is 0.364 e. The molecule has 0 unspecified atom stereocenters. The van der Waals surface area contributed by atoms with E-state index in [1.54, 1.807) is 18.4 Å². The van der Waals surface area contributed by atoms with Gasteiger partial charge in [0.15, 0.2) is 0 Å². The van der Waals surface area contributed by atoms with Crippen LogP contribution in [0.5, 0.6) is 0 Å². The van der Waals surface area contributed by atoms with Crippen molar-refractivity contribution in [1.29, 1.82) is 0 Å². The number of hydrogen-bond acceptors (Lipinski definition) is 4. The van der Waals surface area contributed by atoms with Gasteiger partial charge >= 0.3 is 5.69 Å². The highest BCUT2D eigenvalue weighted by Gasteiger charge is 2.05. The molecule has 2 N–H and O–H groups in total. The van der Waals surface area contributed by atoms with Crippen molar-refractivity contribution in [1.82, 2.24) is 15.0 Å². The first-order valence-electron chi connectivity index (χ1n) is 3.89. The molecule has 0 bridgehead atoms. The zero-order chi connectivity index (χ0) is 9.97. The normalized spacial score (nSPS) is 14.1. The SMILES string of the molecule is O=c1ccn(C2=CC=CNO2)c(=O)[nH]1. The van der Waals surface area contributed by atoms with Gasteiger partial charge in [0.1, 0.15) is 0 Å². The molecule has 0 saturated carbocycles. The van der Waals surface area contributed by atoms with Crippen LogP contribution >= 0.6 is 0 Å². The molecule has 0 aliphatic carbocycles. The molecule has 0 saturated heterocycles. The van der Waals surface area contributed by atoms with Gasteiger partial charge in [-0.3, -0.25) is 9.78 Å². The van der Waals surface area contributed by atoms with Crippen molar-refractivity contribution in [2.45, 2.75) is 0 Å². The lowest BCUT2D eigenvalue weighted by molar-refractivity contribution is 0.181. The molecule has 2 rings (SSSR count). The Morgan fingerprint density at radius 2 is 2.21 bits per heavy atom. The fourth-order valence-electron chi connectivity index (χ4n) is 1.02. The summed E-state index contributed by atoms with van der Waals surface area (Å²) in [5, 5.41) is 0. The Bertz CT molecular complexity index is 509. The number of hydroxylamine groups is 1. The number of H-pyrrole nitrogens is 1. The third-order valence-corrected chi connectivity index (χ3v) is 1.63. The van der Waals surface area contributed by atoms with Gasteiger partial charge < -0.3 is 4.84 Å². The first-order chi connectivity index (χ1) is 6.77. The van der Waals surface area contributed by atoms with E-state index in [0.29, 0.717) is 5.88 Å². The third-order valence-electron chi connectivity index (χ3n) is 1.63. The van der Waals surface area contributed by atoms with Crippen LogP contribution in [0.4, 0.5) is 0 Å². The fraction of sp³-hybridized carbons (Fsp3) is 0. The minimum atomic E-state index is -0.541. The average Bonchev–Trinajstić information content (AvgIpc) is 2.19. The molecular weight excluding hydrogens is 186 g/mol. The maximum absolute atomic E-state index is 11.3. The van der Waals surface area contributed by atoms with Crippen molar-refractivity contribution < 1.29 is 4.84 Å². The van der Waals surface area contributed by atoms with Crippen LogP contribution in [-0.4, -0.2) is 9.55 Å². The quantitative estimate of drug-likeness (QED) is 0.623. The first-order valence-corrected chi connectivity index (χ1v) is 3.89. The monoisotopic (exact) mass is 193 g/mol. The zero-order valence-electron chi connectivity index (χ0n) is 7.06. The van der Waals surface area contributed by atoms with E-state index in [4.69, 9.17) is 4.84 Å². The van der Waals surface area contributed by atoms with E-state index in [1.807, 2.05) is 0 Å². The third kappa shape index (κ3) is 1.45. The molecule has 14 heavy (non-hydrogen) atoms. The predicted molar refractivity (Wildman–Crippen MR) is 49.0 cm³/mol. The van der Waals surface area contributed by atoms with Crippen LogP contribution in [0.1, 0.15) is 0 Å². The van der Waals surface area contributed by atoms with Gasteiger partial charge in [-0.2, -0.15) is 0 Å². The second kappa shape index (κ2) is 3.25. The summed E-state index contributed by atoms with van der Waals surface area (Å²) >= 11 is 0. The summed E-state index contributed by atoms with van der Waals surface area (Å²) in [6.45, 7) is 0. The van der Waals surface area contributed by atoms with Crippen LogP contribution in [0.15, 0.2) is 40.2 Å². The van der Waals surface area contributed by atoms with Crippen LogP contribution in [-0.2, 0) is 4.84 Å². The van der Waals surface area contributed by atoms with Crippen LogP contribution in [0.25, 0.3) is 5.88 Å². The Morgan fingerprint density at radius 3 is 2.86 bits per heavy atom. The number of aromatic amines is 1. The van der Waals surface area contributed by atoms with Crippen LogP contribution in [0, 0.1) is 0 Å². The summed E-state index contributed by atoms with van der Waals surface area (Å²) in [7, 11) is 0. The van der Waals surface area contributed by atoms with Crippen LogP contribution < -0.4 is 16.7 Å². The molecule has 6 nitrogen and oxygen atoms in total. The second-order valence-electron chi connectivity index (χ2n) is 2.56. The number of allylic oxidation sites excluding steroid dienone is 2. The van der Waals surface area contributed by atoms with Crippen molar-refractivity contribution in [3.8, 4) is 0 Å². The lowest BCUT2D eigenvalue weighted by atomic mass is 10.5. The maximum atomic E-state index is 11.3. The highest BCUT2D eigenvalue weighted by atomic mass is 16.7.